The van der Waals surface area contributed by atoms with Crippen molar-refractivity contribution in [2.75, 3.05) is 23.7 Å². The number of rotatable bonds is 2. The summed E-state index contributed by atoms with van der Waals surface area (Å²) in [4.78, 5) is 7.94. The zero-order valence-electron chi connectivity index (χ0n) is 10.9. The average Bonchev–Trinajstić information content (AvgIpc) is 2.59. The van der Waals surface area contributed by atoms with Crippen molar-refractivity contribution in [1.29, 1.82) is 0 Å². The zero-order valence-corrected chi connectivity index (χ0v) is 12.5. The predicted molar refractivity (Wildman–Crippen MR) is 76.2 cm³/mol. The Kier molecular flexibility index (Phi) is 3.71. The van der Waals surface area contributed by atoms with E-state index in [-0.39, 0.29) is 0 Å². The van der Waals surface area contributed by atoms with Crippen molar-refractivity contribution in [3.8, 4) is 0 Å². The van der Waals surface area contributed by atoms with Gasteiger partial charge in [0.25, 0.3) is 0 Å². The number of thiazole rings is 1. The first-order chi connectivity index (χ1) is 7.89. The van der Waals surface area contributed by atoms with E-state index in [1.54, 1.807) is 18.3 Å². The third kappa shape index (κ3) is 2.95. The number of aromatic nitrogens is 1. The average molecular weight is 272 g/mol. The van der Waals surface area contributed by atoms with Gasteiger partial charge in [-0.2, -0.15) is 11.8 Å². The lowest BCUT2D eigenvalue weighted by atomic mass is 10.2. The number of thioether (sulfide) groups is 1. The number of nitrogens with zero attached hydrogens (tertiary/aromatic N) is 2. The maximum atomic E-state index is 9.67. The highest BCUT2D eigenvalue weighted by atomic mass is 32.2. The molecule has 96 valence electrons. The fraction of sp³-hybridized carbons (Fsp3) is 0.750. The Morgan fingerprint density at radius 2 is 2.18 bits per heavy atom. The summed E-state index contributed by atoms with van der Waals surface area (Å²) in [6.07, 6.45) is -0.409. The highest BCUT2D eigenvalue weighted by Gasteiger charge is 2.29. The smallest absolute Gasteiger partial charge is 0.185 e. The SMILES string of the molecule is Cc1nc(N2CCSC(C)(C)C2)sc1C(C)O. The van der Waals surface area contributed by atoms with Crippen molar-refractivity contribution in [2.45, 2.75) is 38.5 Å². The Balaban J connectivity index is 2.20. The maximum absolute atomic E-state index is 9.67. The van der Waals surface area contributed by atoms with Gasteiger partial charge >= 0.3 is 0 Å². The fourth-order valence-electron chi connectivity index (χ4n) is 2.10. The van der Waals surface area contributed by atoms with E-state index in [4.69, 9.17) is 0 Å². The molecule has 1 atom stereocenters. The molecule has 0 radical (unpaired) electrons. The van der Waals surface area contributed by atoms with Crippen molar-refractivity contribution in [1.82, 2.24) is 4.98 Å². The minimum Gasteiger partial charge on any atom is -0.388 e. The molecule has 1 N–H and O–H groups in total. The number of aryl methyl sites for hydroxylation is 1. The summed E-state index contributed by atoms with van der Waals surface area (Å²) in [6.45, 7) is 10.4. The second kappa shape index (κ2) is 4.78. The topological polar surface area (TPSA) is 36.4 Å². The largest absolute Gasteiger partial charge is 0.388 e. The second-order valence-corrected chi connectivity index (χ2v) is 7.96. The molecule has 1 fully saturated rings. The molecule has 3 nitrogen and oxygen atoms in total. The molecule has 0 bridgehead atoms. The van der Waals surface area contributed by atoms with Crippen LogP contribution in [0.5, 0.6) is 0 Å². The number of aliphatic hydroxyl groups excluding tert-OH is 1. The molecule has 0 aliphatic carbocycles. The van der Waals surface area contributed by atoms with E-state index >= 15 is 0 Å². The zero-order chi connectivity index (χ0) is 12.6. The first-order valence-electron chi connectivity index (χ1n) is 5.93. The van der Waals surface area contributed by atoms with E-state index in [2.05, 4.69) is 23.7 Å². The molecule has 5 heteroatoms. The normalized spacial score (nSPS) is 21.6. The molecule has 1 aliphatic heterocycles. The minimum atomic E-state index is -0.409. The molecule has 1 unspecified atom stereocenters. The highest BCUT2D eigenvalue weighted by molar-refractivity contribution is 8.00. The van der Waals surface area contributed by atoms with Crippen LogP contribution in [0.1, 0.15) is 37.4 Å². The van der Waals surface area contributed by atoms with E-state index < -0.39 is 6.10 Å². The summed E-state index contributed by atoms with van der Waals surface area (Å²) in [5.74, 6) is 1.15. The van der Waals surface area contributed by atoms with Gasteiger partial charge in [-0.05, 0) is 27.7 Å². The van der Waals surface area contributed by atoms with Crippen LogP contribution >= 0.6 is 23.1 Å². The van der Waals surface area contributed by atoms with Crippen molar-refractivity contribution >= 4 is 28.2 Å². The molecule has 0 saturated carbocycles. The number of anilines is 1. The molecule has 2 rings (SSSR count). The van der Waals surface area contributed by atoms with Gasteiger partial charge in [-0.25, -0.2) is 4.98 Å². The van der Waals surface area contributed by atoms with Crippen molar-refractivity contribution < 1.29 is 5.11 Å². The number of hydrogen-bond donors (Lipinski definition) is 1. The standard InChI is InChI=1S/C12H20N2OS2/c1-8-10(9(2)15)17-11(13-8)14-5-6-16-12(3,4)7-14/h9,15H,5-7H2,1-4H3. The van der Waals surface area contributed by atoms with Crippen LogP contribution < -0.4 is 4.90 Å². The minimum absolute atomic E-state index is 0.294. The van der Waals surface area contributed by atoms with Crippen LogP contribution in [0.4, 0.5) is 5.13 Å². The van der Waals surface area contributed by atoms with Crippen molar-refractivity contribution in [2.24, 2.45) is 0 Å². The highest BCUT2D eigenvalue weighted by Crippen LogP contribution is 2.36. The molecule has 1 aromatic rings. The summed E-state index contributed by atoms with van der Waals surface area (Å²) in [7, 11) is 0. The lowest BCUT2D eigenvalue weighted by Crippen LogP contribution is -2.43. The first-order valence-corrected chi connectivity index (χ1v) is 7.73. The van der Waals surface area contributed by atoms with E-state index in [9.17, 15) is 5.11 Å². The molecule has 1 aromatic heterocycles. The van der Waals surface area contributed by atoms with Gasteiger partial charge in [-0.15, -0.1) is 0 Å². The Labute approximate surface area is 111 Å². The Morgan fingerprint density at radius 3 is 2.71 bits per heavy atom. The third-order valence-corrected chi connectivity index (χ3v) is 5.58. The van der Waals surface area contributed by atoms with Gasteiger partial charge in [0, 0.05) is 23.6 Å². The Morgan fingerprint density at radius 1 is 1.47 bits per heavy atom. The lowest BCUT2D eigenvalue weighted by Gasteiger charge is -2.37. The van der Waals surface area contributed by atoms with Crippen LogP contribution in [0.3, 0.4) is 0 Å². The summed E-state index contributed by atoms with van der Waals surface area (Å²) < 4.78 is 0.294. The van der Waals surface area contributed by atoms with Crippen LogP contribution in [-0.4, -0.2) is 33.7 Å². The maximum Gasteiger partial charge on any atom is 0.185 e. The van der Waals surface area contributed by atoms with E-state index in [0.717, 1.165) is 34.5 Å². The van der Waals surface area contributed by atoms with E-state index in [1.807, 2.05) is 18.7 Å². The lowest BCUT2D eigenvalue weighted by molar-refractivity contribution is 0.202. The van der Waals surface area contributed by atoms with Crippen LogP contribution in [0.15, 0.2) is 0 Å². The van der Waals surface area contributed by atoms with Crippen LogP contribution in [-0.2, 0) is 0 Å². The predicted octanol–water partition coefficient (Wildman–Crippen LogP) is 2.84. The molecule has 2 heterocycles. The van der Waals surface area contributed by atoms with Crippen molar-refractivity contribution in [3.05, 3.63) is 10.6 Å². The molecular weight excluding hydrogens is 252 g/mol. The van der Waals surface area contributed by atoms with E-state index in [0.29, 0.717) is 4.75 Å². The molecule has 1 saturated heterocycles. The monoisotopic (exact) mass is 272 g/mol. The van der Waals surface area contributed by atoms with Gasteiger partial charge in [-0.1, -0.05) is 11.3 Å². The quantitative estimate of drug-likeness (QED) is 0.898. The number of hydrogen-bond acceptors (Lipinski definition) is 5. The molecular formula is C12H20N2OS2. The van der Waals surface area contributed by atoms with Gasteiger partial charge in [-0.3, -0.25) is 0 Å². The van der Waals surface area contributed by atoms with Gasteiger partial charge in [0.1, 0.15) is 0 Å². The third-order valence-electron chi connectivity index (χ3n) is 2.90. The summed E-state index contributed by atoms with van der Waals surface area (Å²) in [5.41, 5.74) is 0.969. The Bertz CT molecular complexity index is 401. The first kappa shape index (κ1) is 13.2. The van der Waals surface area contributed by atoms with Gasteiger partial charge in [0.2, 0.25) is 0 Å². The van der Waals surface area contributed by atoms with Gasteiger partial charge < -0.3 is 10.0 Å². The summed E-state index contributed by atoms with van der Waals surface area (Å²) in [5, 5.41) is 10.7. The molecule has 0 aromatic carbocycles. The van der Waals surface area contributed by atoms with Gasteiger partial charge in [0.05, 0.1) is 16.7 Å². The van der Waals surface area contributed by atoms with E-state index in [1.165, 1.54) is 0 Å². The number of aliphatic hydroxyl groups is 1. The molecule has 0 spiro atoms. The van der Waals surface area contributed by atoms with Crippen LogP contribution in [0.25, 0.3) is 0 Å². The molecule has 17 heavy (non-hydrogen) atoms. The van der Waals surface area contributed by atoms with Crippen LogP contribution in [0, 0.1) is 6.92 Å². The molecule has 1 aliphatic rings. The van der Waals surface area contributed by atoms with Crippen molar-refractivity contribution in [3.63, 3.8) is 0 Å². The summed E-state index contributed by atoms with van der Waals surface area (Å²) in [6, 6.07) is 0. The fourth-order valence-corrected chi connectivity index (χ4v) is 4.24. The molecule has 0 amide bonds. The summed E-state index contributed by atoms with van der Waals surface area (Å²) >= 11 is 3.65. The van der Waals surface area contributed by atoms with Gasteiger partial charge in [0.15, 0.2) is 5.13 Å². The second-order valence-electron chi connectivity index (χ2n) is 5.15. The van der Waals surface area contributed by atoms with Crippen LogP contribution in [0.2, 0.25) is 0 Å². The Hall–Kier alpha value is -0.260.